The molecule has 0 bridgehead atoms. The molecule has 1 aromatic heterocycles. The number of halogens is 2. The van der Waals surface area contributed by atoms with E-state index in [1.54, 1.807) is 36.5 Å². The minimum absolute atomic E-state index is 0.0658. The number of ether oxygens (including phenoxy) is 1. The Morgan fingerprint density at radius 1 is 1.11 bits per heavy atom. The first-order valence-electron chi connectivity index (χ1n) is 10.9. The Bertz CT molecular complexity index is 1440. The Labute approximate surface area is 235 Å². The molecule has 1 amide bonds. The highest BCUT2D eigenvalue weighted by Gasteiger charge is 2.24. The summed E-state index contributed by atoms with van der Waals surface area (Å²) in [6.45, 7) is 0.240. The van der Waals surface area contributed by atoms with Gasteiger partial charge < -0.3 is 10.1 Å². The number of rotatable bonds is 11. The molecule has 0 spiro atoms. The van der Waals surface area contributed by atoms with Crippen LogP contribution < -0.4 is 5.32 Å². The van der Waals surface area contributed by atoms with E-state index in [2.05, 4.69) is 19.6 Å². The second kappa shape index (κ2) is 13.4. The zero-order valence-electron chi connectivity index (χ0n) is 19.5. The number of hydrogen-bond acceptors (Lipinski definition) is 10. The Kier molecular flexibility index (Phi) is 10.3. The summed E-state index contributed by atoms with van der Waals surface area (Å²) >= 11 is 7.84. The molecule has 13 nitrogen and oxygen atoms in total. The molecule has 0 aliphatic rings. The number of nitrogens with zero attached hydrogens (tertiary/aromatic N) is 5. The lowest BCUT2D eigenvalue weighted by Crippen LogP contribution is -2.13. The predicted molar refractivity (Wildman–Crippen MR) is 148 cm³/mol. The molecule has 0 aliphatic carbocycles. The van der Waals surface area contributed by atoms with Gasteiger partial charge in [-0.3, -0.25) is 20.2 Å². The highest BCUT2D eigenvalue weighted by molar-refractivity contribution is 14.1. The lowest BCUT2D eigenvalue weighted by Gasteiger charge is -2.12. The molecule has 1 N–H and O–H groups in total. The molecule has 1 heterocycles. The summed E-state index contributed by atoms with van der Waals surface area (Å²) in [4.78, 5) is 41.2. The van der Waals surface area contributed by atoms with E-state index in [0.717, 1.165) is 21.8 Å². The van der Waals surface area contributed by atoms with Gasteiger partial charge in [0, 0.05) is 30.6 Å². The van der Waals surface area contributed by atoms with Gasteiger partial charge in [0.1, 0.15) is 12.4 Å². The van der Waals surface area contributed by atoms with Crippen molar-refractivity contribution in [3.8, 4) is 0 Å². The number of non-ortho nitro benzene ring substituents is 2. The van der Waals surface area contributed by atoms with E-state index in [9.17, 15) is 29.2 Å². The SMILES string of the molecule is O=C(N=S(=O)(CCCCNc1nc(Cl)ncc1I)c1cc([N+](=O)[O-])cc([N+](=O)[O-])c1)OCc1ccccc1. The largest absolute Gasteiger partial charge is 0.443 e. The third kappa shape index (κ3) is 8.29. The van der Waals surface area contributed by atoms with Crippen LogP contribution in [0.3, 0.4) is 0 Å². The van der Waals surface area contributed by atoms with E-state index in [1.165, 1.54) is 0 Å². The van der Waals surface area contributed by atoms with Crippen molar-refractivity contribution in [2.45, 2.75) is 24.3 Å². The zero-order valence-corrected chi connectivity index (χ0v) is 23.2. The van der Waals surface area contributed by atoms with E-state index in [0.29, 0.717) is 24.3 Å². The van der Waals surface area contributed by atoms with E-state index in [1.807, 2.05) is 22.6 Å². The maximum Gasteiger partial charge on any atom is 0.442 e. The minimum atomic E-state index is -3.68. The van der Waals surface area contributed by atoms with Crippen molar-refractivity contribution in [2.24, 2.45) is 4.36 Å². The molecule has 1 unspecified atom stereocenters. The summed E-state index contributed by atoms with van der Waals surface area (Å²) in [6.07, 6.45) is 1.06. The molecule has 38 heavy (non-hydrogen) atoms. The Morgan fingerprint density at radius 2 is 1.76 bits per heavy atom. The van der Waals surface area contributed by atoms with Crippen LogP contribution in [-0.2, 0) is 21.1 Å². The molecule has 2 aromatic carbocycles. The fourth-order valence-electron chi connectivity index (χ4n) is 3.14. The van der Waals surface area contributed by atoms with Crippen molar-refractivity contribution in [1.29, 1.82) is 0 Å². The molecular weight excluding hydrogens is 655 g/mol. The second-order valence-electron chi connectivity index (χ2n) is 7.64. The molecule has 1 atom stereocenters. The number of nitro groups is 2. The van der Waals surface area contributed by atoms with Crippen molar-refractivity contribution in [3.63, 3.8) is 0 Å². The van der Waals surface area contributed by atoms with E-state index in [-0.39, 0.29) is 29.0 Å². The normalized spacial score (nSPS) is 12.3. The van der Waals surface area contributed by atoms with Crippen LogP contribution in [0.4, 0.5) is 22.0 Å². The van der Waals surface area contributed by atoms with E-state index < -0.39 is 37.0 Å². The maximum absolute atomic E-state index is 13.9. The number of carbonyl (C=O) groups is 1. The van der Waals surface area contributed by atoms with Gasteiger partial charge in [0.05, 0.1) is 34.1 Å². The summed E-state index contributed by atoms with van der Waals surface area (Å²) < 4.78 is 23.5. The van der Waals surface area contributed by atoms with Crippen LogP contribution in [0.25, 0.3) is 0 Å². The number of hydrogen-bond donors (Lipinski definition) is 1. The number of carbonyl (C=O) groups excluding carboxylic acids is 1. The summed E-state index contributed by atoms with van der Waals surface area (Å²) in [6, 6.07) is 11.3. The molecular formula is C22H20ClIN6O7S. The van der Waals surface area contributed by atoms with Crippen molar-refractivity contribution >= 4 is 67.2 Å². The predicted octanol–water partition coefficient (Wildman–Crippen LogP) is 5.61. The Morgan fingerprint density at radius 3 is 2.39 bits per heavy atom. The first-order valence-corrected chi connectivity index (χ1v) is 14.0. The molecule has 200 valence electrons. The molecule has 0 saturated heterocycles. The quantitative estimate of drug-likeness (QED) is 0.0883. The fourth-order valence-corrected chi connectivity index (χ4v) is 5.66. The molecule has 0 radical (unpaired) electrons. The average molecular weight is 675 g/mol. The first-order chi connectivity index (χ1) is 18.1. The van der Waals surface area contributed by atoms with Gasteiger partial charge >= 0.3 is 6.09 Å². The van der Waals surface area contributed by atoms with E-state index >= 15 is 0 Å². The smallest absolute Gasteiger partial charge is 0.442 e. The van der Waals surface area contributed by atoms with Crippen molar-refractivity contribution in [3.05, 3.63) is 89.4 Å². The lowest BCUT2D eigenvalue weighted by molar-refractivity contribution is -0.394. The van der Waals surface area contributed by atoms with Gasteiger partial charge in [0.25, 0.3) is 11.4 Å². The van der Waals surface area contributed by atoms with Crippen LogP contribution in [0.5, 0.6) is 0 Å². The number of nitro benzene ring substituents is 2. The van der Waals surface area contributed by atoms with Gasteiger partial charge in [-0.15, -0.1) is 4.36 Å². The van der Waals surface area contributed by atoms with Crippen LogP contribution in [0, 0.1) is 23.8 Å². The van der Waals surface area contributed by atoms with Crippen LogP contribution >= 0.6 is 34.2 Å². The highest BCUT2D eigenvalue weighted by atomic mass is 127. The fraction of sp³-hybridized carbons (Fsp3) is 0.227. The third-order valence-electron chi connectivity index (χ3n) is 4.95. The van der Waals surface area contributed by atoms with Crippen molar-refractivity contribution < 1.29 is 23.6 Å². The molecule has 0 fully saturated rings. The van der Waals surface area contributed by atoms with E-state index in [4.69, 9.17) is 16.3 Å². The molecule has 3 rings (SSSR count). The third-order valence-corrected chi connectivity index (χ3v) is 8.18. The first kappa shape index (κ1) is 29.1. The summed E-state index contributed by atoms with van der Waals surface area (Å²) in [7, 11) is -3.68. The average Bonchev–Trinajstić information content (AvgIpc) is 2.89. The zero-order chi connectivity index (χ0) is 27.7. The highest BCUT2D eigenvalue weighted by Crippen LogP contribution is 2.28. The van der Waals surface area contributed by atoms with Crippen LogP contribution in [0.15, 0.2) is 64.0 Å². The topological polar surface area (TPSA) is 180 Å². The van der Waals surface area contributed by atoms with Crippen LogP contribution in [0.1, 0.15) is 18.4 Å². The van der Waals surface area contributed by atoms with Crippen molar-refractivity contribution in [1.82, 2.24) is 9.97 Å². The Balaban J connectivity index is 1.83. The minimum Gasteiger partial charge on any atom is -0.443 e. The van der Waals surface area contributed by atoms with Crippen molar-refractivity contribution in [2.75, 3.05) is 17.6 Å². The van der Waals surface area contributed by atoms with Gasteiger partial charge in [0.15, 0.2) is 0 Å². The number of unbranched alkanes of at least 4 members (excludes halogenated alkanes) is 1. The number of anilines is 1. The van der Waals surface area contributed by atoms with Gasteiger partial charge in [-0.25, -0.2) is 14.0 Å². The monoisotopic (exact) mass is 674 g/mol. The molecule has 0 aliphatic heterocycles. The number of nitrogens with one attached hydrogen (secondary N) is 1. The summed E-state index contributed by atoms with van der Waals surface area (Å²) in [5.41, 5.74) is -0.627. The second-order valence-corrected chi connectivity index (χ2v) is 11.5. The summed E-state index contributed by atoms with van der Waals surface area (Å²) in [5.74, 6) is 0.296. The van der Waals surface area contributed by atoms with Gasteiger partial charge in [-0.2, -0.15) is 4.98 Å². The molecule has 0 saturated carbocycles. The number of benzene rings is 2. The number of amides is 1. The number of aromatic nitrogens is 2. The van der Waals surface area contributed by atoms with Gasteiger partial charge in [0.2, 0.25) is 5.28 Å². The standard InChI is InChI=1S/C22H20ClIN6O7S/c23-21-26-13-19(24)20(27-21)25-8-4-5-9-38(36,28-22(31)37-14-15-6-2-1-3-7-15)18-11-16(29(32)33)10-17(12-18)30(34)35/h1-3,6-7,10-13H,4-5,8-9,14H2,(H,25,26,27). The lowest BCUT2D eigenvalue weighted by atomic mass is 10.2. The van der Waals surface area contributed by atoms with Crippen LogP contribution in [0.2, 0.25) is 5.28 Å². The maximum atomic E-state index is 13.9. The Hall–Kier alpha value is -3.44. The van der Waals surface area contributed by atoms with Gasteiger partial charge in [-0.05, 0) is 52.6 Å². The molecule has 3 aromatic rings. The van der Waals surface area contributed by atoms with Crippen LogP contribution in [-0.4, -0.2) is 42.4 Å². The summed E-state index contributed by atoms with van der Waals surface area (Å²) in [5, 5.41) is 25.9. The van der Waals surface area contributed by atoms with Gasteiger partial charge in [-0.1, -0.05) is 30.3 Å². The molecule has 16 heteroatoms.